The molecule has 0 aliphatic heterocycles. The topological polar surface area (TPSA) is 92.4 Å². The fourth-order valence-electron chi connectivity index (χ4n) is 1.70. The first-order chi connectivity index (χ1) is 7.96. The molecule has 0 bridgehead atoms. The number of hydrogen-bond donors (Lipinski definition) is 3. The quantitative estimate of drug-likeness (QED) is 0.532. The maximum Gasteiger partial charge on any atom is 0.329 e. The van der Waals surface area contributed by atoms with Crippen LogP contribution in [0.5, 0.6) is 0 Å². The van der Waals surface area contributed by atoms with Gasteiger partial charge in [0, 0.05) is 6.42 Å². The molecule has 1 unspecified atom stereocenters. The number of carbonyl (C=O) groups is 2. The second-order valence-electron chi connectivity index (χ2n) is 4.53. The van der Waals surface area contributed by atoms with Gasteiger partial charge >= 0.3 is 5.97 Å². The first-order valence-corrected chi connectivity index (χ1v) is 6.20. The molecule has 0 aromatic heterocycles. The molecule has 0 radical (unpaired) electrons. The van der Waals surface area contributed by atoms with Crippen LogP contribution in [0, 0.1) is 0 Å². The van der Waals surface area contributed by atoms with E-state index in [0.717, 1.165) is 25.7 Å². The lowest BCUT2D eigenvalue weighted by molar-refractivity contribution is -0.147. The molecule has 1 atom stereocenters. The smallest absolute Gasteiger partial charge is 0.329 e. The van der Waals surface area contributed by atoms with Crippen molar-refractivity contribution >= 4 is 11.9 Å². The van der Waals surface area contributed by atoms with Gasteiger partial charge in [-0.25, -0.2) is 4.79 Å². The van der Waals surface area contributed by atoms with E-state index in [1.807, 2.05) is 6.92 Å². The molecule has 0 aromatic rings. The Morgan fingerprint density at radius 2 is 1.94 bits per heavy atom. The highest BCUT2D eigenvalue weighted by molar-refractivity contribution is 5.86. The molecular weight excluding hydrogens is 220 g/mol. The summed E-state index contributed by atoms with van der Waals surface area (Å²) in [4.78, 5) is 22.7. The van der Waals surface area contributed by atoms with E-state index in [0.29, 0.717) is 19.4 Å². The van der Waals surface area contributed by atoms with Crippen molar-refractivity contribution in [1.82, 2.24) is 5.32 Å². The van der Waals surface area contributed by atoms with Gasteiger partial charge in [-0.1, -0.05) is 19.8 Å². The molecule has 17 heavy (non-hydrogen) atoms. The summed E-state index contributed by atoms with van der Waals surface area (Å²) < 4.78 is 0. The van der Waals surface area contributed by atoms with Crippen molar-refractivity contribution in [3.05, 3.63) is 0 Å². The number of amides is 1. The van der Waals surface area contributed by atoms with E-state index in [-0.39, 0.29) is 5.91 Å². The number of carboxylic acid groups (broad SMARTS) is 1. The van der Waals surface area contributed by atoms with Gasteiger partial charge in [-0.2, -0.15) is 0 Å². The molecule has 0 aliphatic carbocycles. The summed E-state index contributed by atoms with van der Waals surface area (Å²) in [6.45, 7) is 4.08. The Labute approximate surface area is 103 Å². The van der Waals surface area contributed by atoms with Crippen molar-refractivity contribution in [1.29, 1.82) is 0 Å². The Kier molecular flexibility index (Phi) is 7.54. The van der Waals surface area contributed by atoms with Crippen LogP contribution in [-0.2, 0) is 9.59 Å². The van der Waals surface area contributed by atoms with E-state index in [1.165, 1.54) is 0 Å². The van der Waals surface area contributed by atoms with Crippen molar-refractivity contribution in [2.24, 2.45) is 5.73 Å². The molecule has 0 aromatic carbocycles. The Bertz CT molecular complexity index is 256. The van der Waals surface area contributed by atoms with Gasteiger partial charge in [0.2, 0.25) is 5.91 Å². The maximum atomic E-state index is 11.6. The number of carbonyl (C=O) groups excluding carboxylic acids is 1. The van der Waals surface area contributed by atoms with Crippen LogP contribution in [0.15, 0.2) is 0 Å². The standard InChI is InChI=1S/C12H24N2O3/c1-3-8-12(2,11(16)17)14-10(15)7-5-4-6-9-13/h3-9,13H2,1-2H3,(H,14,15)(H,16,17). The molecule has 0 fully saturated rings. The van der Waals surface area contributed by atoms with Gasteiger partial charge in [0.1, 0.15) is 5.54 Å². The number of rotatable bonds is 9. The van der Waals surface area contributed by atoms with Crippen LogP contribution in [0.25, 0.3) is 0 Å². The fourth-order valence-corrected chi connectivity index (χ4v) is 1.70. The number of hydrogen-bond acceptors (Lipinski definition) is 3. The predicted molar refractivity (Wildman–Crippen MR) is 66.6 cm³/mol. The summed E-state index contributed by atoms with van der Waals surface area (Å²) in [6.07, 6.45) is 4.09. The second-order valence-corrected chi connectivity index (χ2v) is 4.53. The van der Waals surface area contributed by atoms with Gasteiger partial charge in [0.25, 0.3) is 0 Å². The van der Waals surface area contributed by atoms with Crippen molar-refractivity contribution in [2.45, 2.75) is 57.9 Å². The minimum Gasteiger partial charge on any atom is -0.480 e. The molecule has 0 saturated heterocycles. The average Bonchev–Trinajstić information content (AvgIpc) is 2.24. The number of nitrogens with two attached hydrogens (primary N) is 1. The molecule has 0 rings (SSSR count). The summed E-state index contributed by atoms with van der Waals surface area (Å²) in [5, 5.41) is 11.7. The molecule has 0 aliphatic rings. The van der Waals surface area contributed by atoms with Gasteiger partial charge < -0.3 is 16.2 Å². The Hall–Kier alpha value is -1.10. The summed E-state index contributed by atoms with van der Waals surface area (Å²) >= 11 is 0. The Morgan fingerprint density at radius 3 is 2.41 bits per heavy atom. The SMILES string of the molecule is CCCC(C)(NC(=O)CCCCCN)C(=O)O. The zero-order chi connectivity index (χ0) is 13.3. The molecule has 4 N–H and O–H groups in total. The highest BCUT2D eigenvalue weighted by Crippen LogP contribution is 2.13. The first kappa shape index (κ1) is 15.9. The van der Waals surface area contributed by atoms with Crippen molar-refractivity contribution in [2.75, 3.05) is 6.54 Å². The molecule has 5 heteroatoms. The van der Waals surface area contributed by atoms with Gasteiger partial charge in [-0.3, -0.25) is 4.79 Å². The zero-order valence-corrected chi connectivity index (χ0v) is 10.8. The lowest BCUT2D eigenvalue weighted by Gasteiger charge is -2.25. The molecule has 0 saturated carbocycles. The van der Waals surface area contributed by atoms with Gasteiger partial charge in [0.05, 0.1) is 0 Å². The van der Waals surface area contributed by atoms with E-state index in [4.69, 9.17) is 10.8 Å². The van der Waals surface area contributed by atoms with Crippen LogP contribution in [0.1, 0.15) is 52.4 Å². The van der Waals surface area contributed by atoms with Crippen molar-refractivity contribution in [3.8, 4) is 0 Å². The van der Waals surface area contributed by atoms with Gasteiger partial charge in [0.15, 0.2) is 0 Å². The minimum atomic E-state index is -1.14. The van der Waals surface area contributed by atoms with Crippen LogP contribution in [0.4, 0.5) is 0 Å². The van der Waals surface area contributed by atoms with Crippen LogP contribution >= 0.6 is 0 Å². The lowest BCUT2D eigenvalue weighted by Crippen LogP contribution is -2.52. The molecule has 0 spiro atoms. The van der Waals surface area contributed by atoms with Gasteiger partial charge in [-0.05, 0) is 32.7 Å². The van der Waals surface area contributed by atoms with E-state index in [9.17, 15) is 9.59 Å². The molecule has 0 heterocycles. The molecular formula is C12H24N2O3. The van der Waals surface area contributed by atoms with Crippen molar-refractivity contribution < 1.29 is 14.7 Å². The van der Waals surface area contributed by atoms with E-state index in [2.05, 4.69) is 5.32 Å². The highest BCUT2D eigenvalue weighted by atomic mass is 16.4. The van der Waals surface area contributed by atoms with Gasteiger partial charge in [-0.15, -0.1) is 0 Å². The fraction of sp³-hybridized carbons (Fsp3) is 0.833. The zero-order valence-electron chi connectivity index (χ0n) is 10.8. The lowest BCUT2D eigenvalue weighted by atomic mass is 9.96. The number of aliphatic carboxylic acids is 1. The monoisotopic (exact) mass is 244 g/mol. The Morgan fingerprint density at radius 1 is 1.29 bits per heavy atom. The van der Waals surface area contributed by atoms with Crippen molar-refractivity contribution in [3.63, 3.8) is 0 Å². The summed E-state index contributed by atoms with van der Waals surface area (Å²) in [5.41, 5.74) is 4.21. The number of unbranched alkanes of at least 4 members (excludes halogenated alkanes) is 2. The third-order valence-corrected chi connectivity index (χ3v) is 2.75. The number of nitrogens with one attached hydrogen (secondary N) is 1. The highest BCUT2D eigenvalue weighted by Gasteiger charge is 2.33. The largest absolute Gasteiger partial charge is 0.480 e. The van der Waals surface area contributed by atoms with Crippen LogP contribution < -0.4 is 11.1 Å². The summed E-state index contributed by atoms with van der Waals surface area (Å²) in [6, 6.07) is 0. The Balaban J connectivity index is 4.09. The first-order valence-electron chi connectivity index (χ1n) is 6.20. The third-order valence-electron chi connectivity index (χ3n) is 2.75. The second kappa shape index (κ2) is 8.06. The van der Waals surface area contributed by atoms with Crippen LogP contribution in [0.3, 0.4) is 0 Å². The summed E-state index contributed by atoms with van der Waals surface area (Å²) in [7, 11) is 0. The molecule has 5 nitrogen and oxygen atoms in total. The number of carboxylic acids is 1. The molecule has 100 valence electrons. The molecule has 1 amide bonds. The minimum absolute atomic E-state index is 0.194. The van der Waals surface area contributed by atoms with E-state index < -0.39 is 11.5 Å². The summed E-state index contributed by atoms with van der Waals surface area (Å²) in [5.74, 6) is -1.17. The van der Waals surface area contributed by atoms with E-state index >= 15 is 0 Å². The van der Waals surface area contributed by atoms with Crippen LogP contribution in [0.2, 0.25) is 0 Å². The van der Waals surface area contributed by atoms with E-state index in [1.54, 1.807) is 6.92 Å². The third kappa shape index (κ3) is 6.26. The predicted octanol–water partition coefficient (Wildman–Crippen LogP) is 1.27. The maximum absolute atomic E-state index is 11.6. The average molecular weight is 244 g/mol. The normalized spacial score (nSPS) is 14.1. The van der Waals surface area contributed by atoms with Crippen LogP contribution in [-0.4, -0.2) is 29.1 Å².